The molecule has 2 N–H and O–H groups in total. The fourth-order valence-corrected chi connectivity index (χ4v) is 5.10. The highest BCUT2D eigenvalue weighted by atomic mass is 32.2. The Bertz CT molecular complexity index is 532. The van der Waals surface area contributed by atoms with E-state index < -0.39 is 10.0 Å². The van der Waals surface area contributed by atoms with Crippen LogP contribution in [0.25, 0.3) is 0 Å². The summed E-state index contributed by atoms with van der Waals surface area (Å²) in [5.41, 5.74) is 0. The first-order chi connectivity index (χ1) is 9.12. The third-order valence-corrected chi connectivity index (χ3v) is 6.64. The monoisotopic (exact) mass is 301 g/mol. The molecule has 0 aliphatic heterocycles. The van der Waals surface area contributed by atoms with Gasteiger partial charge in [-0.25, -0.2) is 13.1 Å². The molecule has 0 atom stereocenters. The lowest BCUT2D eigenvalue weighted by atomic mass is 9.99. The number of aliphatic hydroxyl groups is 1. The Labute approximate surface area is 117 Å². The van der Waals surface area contributed by atoms with Crippen LogP contribution in [0.1, 0.15) is 30.6 Å². The van der Waals surface area contributed by atoms with Gasteiger partial charge in [-0.3, -0.25) is 0 Å². The fourth-order valence-electron chi connectivity index (χ4n) is 2.73. The van der Waals surface area contributed by atoms with Gasteiger partial charge in [-0.15, -0.1) is 11.3 Å². The van der Waals surface area contributed by atoms with Crippen molar-refractivity contribution in [2.45, 2.75) is 37.2 Å². The zero-order valence-electron chi connectivity index (χ0n) is 10.7. The van der Waals surface area contributed by atoms with Gasteiger partial charge in [0.15, 0.2) is 0 Å². The van der Waals surface area contributed by atoms with E-state index >= 15 is 0 Å². The second-order valence-electron chi connectivity index (χ2n) is 5.56. The predicted molar refractivity (Wildman–Crippen MR) is 74.4 cm³/mol. The number of sulfonamides is 1. The highest BCUT2D eigenvalue weighted by Gasteiger charge is 2.41. The number of nitrogens with one attached hydrogen (secondary N) is 1. The Balaban J connectivity index is 1.67. The Kier molecular flexibility index (Phi) is 3.68. The minimum atomic E-state index is -3.47. The molecule has 2 aliphatic carbocycles. The predicted octanol–water partition coefficient (Wildman–Crippen LogP) is 1.95. The molecule has 0 radical (unpaired) electrons. The molecular formula is C13H19NO3S2. The summed E-state index contributed by atoms with van der Waals surface area (Å²) < 4.78 is 27.2. The van der Waals surface area contributed by atoms with Crippen LogP contribution in [0.2, 0.25) is 0 Å². The van der Waals surface area contributed by atoms with Gasteiger partial charge in [-0.2, -0.15) is 0 Å². The average molecular weight is 301 g/mol. The van der Waals surface area contributed by atoms with E-state index in [4.69, 9.17) is 5.11 Å². The summed E-state index contributed by atoms with van der Waals surface area (Å²) in [5, 5.41) is 10.9. The second kappa shape index (κ2) is 5.16. The summed E-state index contributed by atoms with van der Waals surface area (Å²) in [6, 6.07) is 1.57. The van der Waals surface area contributed by atoms with Gasteiger partial charge in [-0.1, -0.05) is 0 Å². The molecule has 0 spiro atoms. The summed E-state index contributed by atoms with van der Waals surface area (Å²) >= 11 is 1.28. The Morgan fingerprint density at radius 3 is 2.47 bits per heavy atom. The number of hydrogen-bond donors (Lipinski definition) is 2. The first kappa shape index (κ1) is 13.5. The van der Waals surface area contributed by atoms with Crippen molar-refractivity contribution in [3.63, 3.8) is 0 Å². The lowest BCUT2D eigenvalue weighted by Crippen LogP contribution is -2.31. The number of thiophene rings is 1. The minimum Gasteiger partial charge on any atom is -0.391 e. The van der Waals surface area contributed by atoms with Gasteiger partial charge in [0.05, 0.1) is 11.5 Å². The van der Waals surface area contributed by atoms with Crippen LogP contribution < -0.4 is 4.72 Å². The number of aliphatic hydroxyl groups excluding tert-OH is 1. The lowest BCUT2D eigenvalue weighted by molar-refractivity contribution is 0.282. The first-order valence-corrected chi connectivity index (χ1v) is 9.15. The molecule has 1 aromatic heterocycles. The van der Waals surface area contributed by atoms with E-state index in [9.17, 15) is 8.42 Å². The van der Waals surface area contributed by atoms with Gasteiger partial charge >= 0.3 is 0 Å². The Morgan fingerprint density at radius 1 is 1.32 bits per heavy atom. The molecule has 19 heavy (non-hydrogen) atoms. The van der Waals surface area contributed by atoms with Crippen molar-refractivity contribution in [3.8, 4) is 0 Å². The molecule has 2 saturated carbocycles. The van der Waals surface area contributed by atoms with Gasteiger partial charge in [0, 0.05) is 11.4 Å². The van der Waals surface area contributed by atoms with E-state index in [-0.39, 0.29) is 11.5 Å². The van der Waals surface area contributed by atoms with Crippen LogP contribution in [0.4, 0.5) is 0 Å². The molecular weight excluding hydrogens is 282 g/mol. The highest BCUT2D eigenvalue weighted by Crippen LogP contribution is 2.48. The smallest absolute Gasteiger partial charge is 0.241 e. The molecule has 2 aliphatic rings. The van der Waals surface area contributed by atoms with E-state index in [0.717, 1.165) is 11.8 Å². The summed E-state index contributed by atoms with van der Waals surface area (Å²) in [6.45, 7) is 0.334. The third kappa shape index (κ3) is 3.02. The largest absolute Gasteiger partial charge is 0.391 e. The van der Waals surface area contributed by atoms with E-state index in [1.807, 2.05) is 0 Å². The fraction of sp³-hybridized carbons (Fsp3) is 0.692. The van der Waals surface area contributed by atoms with E-state index in [1.165, 1.54) is 37.0 Å². The lowest BCUT2D eigenvalue weighted by Gasteiger charge is -2.16. The topological polar surface area (TPSA) is 66.4 Å². The third-order valence-electron chi connectivity index (χ3n) is 4.10. The normalized spacial score (nSPS) is 20.1. The molecule has 0 aromatic carbocycles. The van der Waals surface area contributed by atoms with E-state index in [1.54, 1.807) is 11.4 Å². The maximum absolute atomic E-state index is 12.2. The van der Waals surface area contributed by atoms with Gasteiger partial charge in [0.25, 0.3) is 0 Å². The molecule has 0 unspecified atom stereocenters. The van der Waals surface area contributed by atoms with Crippen LogP contribution >= 0.6 is 11.3 Å². The van der Waals surface area contributed by atoms with Gasteiger partial charge in [-0.05, 0) is 54.9 Å². The summed E-state index contributed by atoms with van der Waals surface area (Å²) in [5.74, 6) is 1.98. The van der Waals surface area contributed by atoms with Crippen LogP contribution in [0.15, 0.2) is 16.3 Å². The van der Waals surface area contributed by atoms with E-state index in [2.05, 4.69) is 4.72 Å². The van der Waals surface area contributed by atoms with Crippen LogP contribution in [0.3, 0.4) is 0 Å². The standard InChI is InChI=1S/C13H19NO3S2/c15-8-12-13(5-6-18-12)19(16,17)14-7-11(9-1-2-9)10-3-4-10/h5-6,9-11,14-15H,1-4,7-8H2. The quantitative estimate of drug-likeness (QED) is 0.809. The Hall–Kier alpha value is -0.430. The zero-order valence-corrected chi connectivity index (χ0v) is 12.3. The molecule has 2 fully saturated rings. The van der Waals surface area contributed by atoms with Gasteiger partial charge in [0.2, 0.25) is 10.0 Å². The van der Waals surface area contributed by atoms with Crippen molar-refractivity contribution in [2.24, 2.45) is 17.8 Å². The van der Waals surface area contributed by atoms with Crippen molar-refractivity contribution in [2.75, 3.05) is 6.54 Å². The first-order valence-electron chi connectivity index (χ1n) is 6.78. The van der Waals surface area contributed by atoms with Crippen molar-refractivity contribution in [1.29, 1.82) is 0 Å². The Morgan fingerprint density at radius 2 is 1.95 bits per heavy atom. The van der Waals surface area contributed by atoms with Crippen molar-refractivity contribution >= 4 is 21.4 Å². The van der Waals surface area contributed by atoms with Crippen LogP contribution in [0, 0.1) is 17.8 Å². The van der Waals surface area contributed by atoms with Gasteiger partial charge < -0.3 is 5.11 Å². The molecule has 1 aromatic rings. The summed E-state index contributed by atoms with van der Waals surface area (Å²) in [7, 11) is -3.47. The maximum atomic E-state index is 12.2. The molecule has 0 saturated heterocycles. The molecule has 6 heteroatoms. The SMILES string of the molecule is O=S(=O)(NCC(C1CC1)C1CC1)c1ccsc1CO. The highest BCUT2D eigenvalue weighted by molar-refractivity contribution is 7.89. The average Bonchev–Trinajstić information content (AvgIpc) is 3.30. The van der Waals surface area contributed by atoms with Crippen molar-refractivity contribution in [3.05, 3.63) is 16.3 Å². The number of rotatable bonds is 7. The summed E-state index contributed by atoms with van der Waals surface area (Å²) in [6.07, 6.45) is 5.01. The van der Waals surface area contributed by atoms with Crippen LogP contribution in [0.5, 0.6) is 0 Å². The van der Waals surface area contributed by atoms with Gasteiger partial charge in [0.1, 0.15) is 0 Å². The maximum Gasteiger partial charge on any atom is 0.241 e. The summed E-state index contributed by atoms with van der Waals surface area (Å²) in [4.78, 5) is 0.757. The van der Waals surface area contributed by atoms with Crippen molar-refractivity contribution in [1.82, 2.24) is 4.72 Å². The molecule has 3 rings (SSSR count). The minimum absolute atomic E-state index is 0.220. The van der Waals surface area contributed by atoms with Crippen LogP contribution in [-0.2, 0) is 16.6 Å². The molecule has 0 bridgehead atoms. The molecule has 0 amide bonds. The van der Waals surface area contributed by atoms with Crippen molar-refractivity contribution < 1.29 is 13.5 Å². The number of hydrogen-bond acceptors (Lipinski definition) is 4. The molecule has 1 heterocycles. The molecule has 106 valence electrons. The van der Waals surface area contributed by atoms with Crippen LogP contribution in [-0.4, -0.2) is 20.1 Å². The molecule has 4 nitrogen and oxygen atoms in total. The zero-order chi connectivity index (χ0) is 13.5. The second-order valence-corrected chi connectivity index (χ2v) is 8.29. The van der Waals surface area contributed by atoms with E-state index in [0.29, 0.717) is 17.3 Å².